The Morgan fingerprint density at radius 2 is 1.81 bits per heavy atom. The monoisotopic (exact) mass is 296 g/mol. The van der Waals surface area contributed by atoms with Crippen molar-refractivity contribution in [2.75, 3.05) is 11.1 Å². The lowest BCUT2D eigenvalue weighted by molar-refractivity contribution is -0.0498. The molecule has 0 aliphatic rings. The van der Waals surface area contributed by atoms with E-state index in [1.165, 1.54) is 36.4 Å². The Bertz CT molecular complexity index is 645. The third kappa shape index (κ3) is 3.88. The van der Waals surface area contributed by atoms with E-state index in [-0.39, 0.29) is 17.0 Å². The minimum atomic E-state index is -2.91. The predicted octanol–water partition coefficient (Wildman–Crippen LogP) is 3.26. The molecule has 0 bridgehead atoms. The first-order chi connectivity index (χ1) is 9.95. The van der Waals surface area contributed by atoms with Gasteiger partial charge in [-0.25, -0.2) is 4.39 Å². The van der Waals surface area contributed by atoms with Crippen molar-refractivity contribution in [1.82, 2.24) is 0 Å². The zero-order valence-corrected chi connectivity index (χ0v) is 10.6. The van der Waals surface area contributed by atoms with Gasteiger partial charge in [0.25, 0.3) is 5.91 Å². The smallest absolute Gasteiger partial charge is 0.387 e. The summed E-state index contributed by atoms with van der Waals surface area (Å²) in [5, 5.41) is 2.53. The number of ether oxygens (including phenoxy) is 1. The van der Waals surface area contributed by atoms with Crippen LogP contribution in [0.2, 0.25) is 0 Å². The van der Waals surface area contributed by atoms with Gasteiger partial charge in [-0.1, -0.05) is 0 Å². The van der Waals surface area contributed by atoms with E-state index in [1.54, 1.807) is 0 Å². The summed E-state index contributed by atoms with van der Waals surface area (Å²) in [5.74, 6) is -1.13. The molecule has 0 saturated carbocycles. The second-order valence-electron chi connectivity index (χ2n) is 4.09. The standard InChI is InChI=1S/C14H11F3N2O2/c15-11-6-1-8(7-12(11)18)13(20)19-9-2-4-10(5-3-9)21-14(16)17/h1-7,14H,18H2,(H,19,20). The number of halogens is 3. The molecule has 2 aromatic carbocycles. The lowest BCUT2D eigenvalue weighted by Gasteiger charge is -2.08. The first-order valence-electron chi connectivity index (χ1n) is 5.87. The molecular weight excluding hydrogens is 285 g/mol. The van der Waals surface area contributed by atoms with Crippen LogP contribution < -0.4 is 15.8 Å². The Morgan fingerprint density at radius 1 is 1.14 bits per heavy atom. The molecule has 4 nitrogen and oxygen atoms in total. The molecule has 1 amide bonds. The third-order valence-electron chi connectivity index (χ3n) is 2.60. The zero-order chi connectivity index (χ0) is 15.4. The van der Waals surface area contributed by atoms with Crippen LogP contribution in [0.4, 0.5) is 24.5 Å². The van der Waals surface area contributed by atoms with E-state index < -0.39 is 18.3 Å². The van der Waals surface area contributed by atoms with Gasteiger partial charge >= 0.3 is 6.61 Å². The van der Waals surface area contributed by atoms with Crippen molar-refractivity contribution in [3.8, 4) is 5.75 Å². The third-order valence-corrected chi connectivity index (χ3v) is 2.60. The number of hydrogen-bond donors (Lipinski definition) is 2. The number of nitrogens with two attached hydrogens (primary N) is 1. The van der Waals surface area contributed by atoms with Gasteiger partial charge < -0.3 is 15.8 Å². The van der Waals surface area contributed by atoms with Gasteiger partial charge in [0, 0.05) is 11.3 Å². The molecule has 0 saturated heterocycles. The second-order valence-corrected chi connectivity index (χ2v) is 4.09. The fraction of sp³-hybridized carbons (Fsp3) is 0.0714. The highest BCUT2D eigenvalue weighted by Gasteiger charge is 2.09. The molecule has 7 heteroatoms. The van der Waals surface area contributed by atoms with Crippen molar-refractivity contribution >= 4 is 17.3 Å². The number of nitrogens with one attached hydrogen (secondary N) is 1. The second kappa shape index (κ2) is 6.17. The largest absolute Gasteiger partial charge is 0.435 e. The topological polar surface area (TPSA) is 64.4 Å². The van der Waals surface area contributed by atoms with Crippen LogP contribution >= 0.6 is 0 Å². The van der Waals surface area contributed by atoms with Crippen molar-refractivity contribution in [3.05, 3.63) is 53.8 Å². The molecule has 0 heterocycles. The van der Waals surface area contributed by atoms with Crippen LogP contribution in [-0.4, -0.2) is 12.5 Å². The molecule has 110 valence electrons. The lowest BCUT2D eigenvalue weighted by Crippen LogP contribution is -2.12. The van der Waals surface area contributed by atoms with Crippen LogP contribution in [0.5, 0.6) is 5.75 Å². The molecule has 0 unspecified atom stereocenters. The fourth-order valence-corrected chi connectivity index (χ4v) is 1.61. The minimum absolute atomic E-state index is 0.0194. The first kappa shape index (κ1) is 14.7. The molecule has 0 aliphatic carbocycles. The zero-order valence-electron chi connectivity index (χ0n) is 10.6. The molecule has 0 atom stereocenters. The van der Waals surface area contributed by atoms with Gasteiger partial charge in [-0.15, -0.1) is 0 Å². The summed E-state index contributed by atoms with van der Waals surface area (Å²) in [5.41, 5.74) is 5.80. The number of carbonyl (C=O) groups excluding carboxylic acids is 1. The molecule has 2 rings (SSSR count). The molecule has 0 radical (unpaired) electrons. The number of anilines is 2. The highest BCUT2D eigenvalue weighted by molar-refractivity contribution is 6.04. The summed E-state index contributed by atoms with van der Waals surface area (Å²) in [6, 6.07) is 8.98. The number of rotatable bonds is 4. The predicted molar refractivity (Wildman–Crippen MR) is 71.8 cm³/mol. The van der Waals surface area contributed by atoms with E-state index >= 15 is 0 Å². The number of benzene rings is 2. The average molecular weight is 296 g/mol. The summed E-state index contributed by atoms with van der Waals surface area (Å²) in [4.78, 5) is 11.9. The number of carbonyl (C=O) groups is 1. The minimum Gasteiger partial charge on any atom is -0.435 e. The normalized spacial score (nSPS) is 10.5. The summed E-state index contributed by atoms with van der Waals surface area (Å²) in [7, 11) is 0. The van der Waals surface area contributed by atoms with Crippen LogP contribution in [0.25, 0.3) is 0 Å². The van der Waals surface area contributed by atoms with Gasteiger partial charge in [0.05, 0.1) is 5.69 Å². The number of hydrogen-bond acceptors (Lipinski definition) is 3. The van der Waals surface area contributed by atoms with E-state index in [2.05, 4.69) is 10.1 Å². The maximum atomic E-state index is 13.0. The van der Waals surface area contributed by atoms with Gasteiger partial charge in [0.1, 0.15) is 11.6 Å². The summed E-state index contributed by atoms with van der Waals surface area (Å²) < 4.78 is 41.2. The number of alkyl halides is 2. The SMILES string of the molecule is Nc1cc(C(=O)Nc2ccc(OC(F)F)cc2)ccc1F. The molecule has 0 aromatic heterocycles. The van der Waals surface area contributed by atoms with Crippen molar-refractivity contribution in [2.45, 2.75) is 6.61 Å². The highest BCUT2D eigenvalue weighted by Crippen LogP contribution is 2.19. The summed E-state index contributed by atoms with van der Waals surface area (Å²) >= 11 is 0. The van der Waals surface area contributed by atoms with E-state index in [0.29, 0.717) is 5.69 Å². The van der Waals surface area contributed by atoms with Gasteiger partial charge in [-0.05, 0) is 42.5 Å². The van der Waals surface area contributed by atoms with Crippen LogP contribution in [0, 0.1) is 5.82 Å². The van der Waals surface area contributed by atoms with E-state index in [1.807, 2.05) is 0 Å². The van der Waals surface area contributed by atoms with Crippen molar-refractivity contribution in [3.63, 3.8) is 0 Å². The van der Waals surface area contributed by atoms with Crippen molar-refractivity contribution in [2.24, 2.45) is 0 Å². The quantitative estimate of drug-likeness (QED) is 0.851. The highest BCUT2D eigenvalue weighted by atomic mass is 19.3. The van der Waals surface area contributed by atoms with Gasteiger partial charge in [0.15, 0.2) is 0 Å². The maximum absolute atomic E-state index is 13.0. The Hall–Kier alpha value is -2.70. The average Bonchev–Trinajstić information content (AvgIpc) is 2.43. The maximum Gasteiger partial charge on any atom is 0.387 e. The molecule has 0 aliphatic heterocycles. The van der Waals surface area contributed by atoms with Crippen LogP contribution in [0.15, 0.2) is 42.5 Å². The molecular formula is C14H11F3N2O2. The van der Waals surface area contributed by atoms with Crippen LogP contribution in [-0.2, 0) is 0 Å². The first-order valence-corrected chi connectivity index (χ1v) is 5.87. The van der Waals surface area contributed by atoms with E-state index in [9.17, 15) is 18.0 Å². The number of amides is 1. The molecule has 2 aromatic rings. The van der Waals surface area contributed by atoms with Crippen LogP contribution in [0.1, 0.15) is 10.4 Å². The Morgan fingerprint density at radius 3 is 2.38 bits per heavy atom. The molecule has 3 N–H and O–H groups in total. The van der Waals surface area contributed by atoms with Gasteiger partial charge in [0.2, 0.25) is 0 Å². The molecule has 0 fully saturated rings. The van der Waals surface area contributed by atoms with E-state index in [4.69, 9.17) is 5.73 Å². The van der Waals surface area contributed by atoms with Gasteiger partial charge in [-0.2, -0.15) is 8.78 Å². The summed E-state index contributed by atoms with van der Waals surface area (Å²) in [6.45, 7) is -2.91. The Kier molecular flexibility index (Phi) is 4.32. The lowest BCUT2D eigenvalue weighted by atomic mass is 10.1. The number of nitrogen functional groups attached to an aromatic ring is 1. The van der Waals surface area contributed by atoms with Crippen molar-refractivity contribution < 1.29 is 22.7 Å². The van der Waals surface area contributed by atoms with Crippen LogP contribution in [0.3, 0.4) is 0 Å². The molecule has 0 spiro atoms. The Balaban J connectivity index is 2.06. The Labute approximate surface area is 118 Å². The molecule has 21 heavy (non-hydrogen) atoms. The summed E-state index contributed by atoms with van der Waals surface area (Å²) in [6.07, 6.45) is 0. The van der Waals surface area contributed by atoms with E-state index in [0.717, 1.165) is 6.07 Å². The van der Waals surface area contributed by atoms with Gasteiger partial charge in [-0.3, -0.25) is 4.79 Å². The fourth-order valence-electron chi connectivity index (χ4n) is 1.61. The van der Waals surface area contributed by atoms with Crippen molar-refractivity contribution in [1.29, 1.82) is 0 Å².